The Kier molecular flexibility index (Phi) is 41.2. The van der Waals surface area contributed by atoms with Crippen molar-refractivity contribution in [3.05, 3.63) is 317 Å². The quantitative estimate of drug-likeness (QED) is 0.0311. The number of hydrogen-bond acceptors (Lipinski definition) is 14. The number of aromatic nitrogens is 6. The van der Waals surface area contributed by atoms with Crippen molar-refractivity contribution in [1.29, 1.82) is 0 Å². The van der Waals surface area contributed by atoms with Crippen molar-refractivity contribution in [1.82, 2.24) is 45.1 Å². The molecule has 5 aromatic heterocycles. The number of esters is 1. The van der Waals surface area contributed by atoms with Crippen molar-refractivity contribution in [2.24, 2.45) is 17.8 Å². The Morgan fingerprint density at radius 3 is 1.47 bits per heavy atom. The molecule has 0 radical (unpaired) electrons. The van der Waals surface area contributed by atoms with Crippen LogP contribution in [-0.2, 0) is 35.5 Å². The number of carbonyl (C=O) groups is 2. The van der Waals surface area contributed by atoms with Crippen LogP contribution in [0.3, 0.4) is 0 Å². The molecule has 6 heterocycles. The van der Waals surface area contributed by atoms with Gasteiger partial charge in [-0.2, -0.15) is 10.2 Å². The maximum atomic E-state index is 12.4. The summed E-state index contributed by atoms with van der Waals surface area (Å²) in [4.78, 5) is 35.6. The topological polar surface area (TPSA) is 193 Å². The molecule has 0 aliphatic carbocycles. The number of allylic oxidation sites excluding steroid dienone is 1. The number of nitrogens with zero attached hydrogens (tertiary/aromatic N) is 7. The molecule has 1 saturated heterocycles. The van der Waals surface area contributed by atoms with Gasteiger partial charge < -0.3 is 39.1 Å². The summed E-state index contributed by atoms with van der Waals surface area (Å²) in [5.41, 5.74) is 10.7. The van der Waals surface area contributed by atoms with Gasteiger partial charge in [-0.15, -0.1) is 13.2 Å². The van der Waals surface area contributed by atoms with Gasteiger partial charge in [0.05, 0.1) is 79.0 Å². The highest BCUT2D eigenvalue weighted by molar-refractivity contribution is 6.04. The van der Waals surface area contributed by atoms with Gasteiger partial charge in [0, 0.05) is 61.1 Å². The third kappa shape index (κ3) is 34.8. The fourth-order valence-electron chi connectivity index (χ4n) is 11.4. The first-order valence-electron chi connectivity index (χ1n) is 39.9. The van der Waals surface area contributed by atoms with E-state index in [0.717, 1.165) is 114 Å². The fourth-order valence-corrected chi connectivity index (χ4v) is 11.4. The molecule has 0 unspecified atom stereocenters. The Morgan fingerprint density at radius 2 is 1.03 bits per heavy atom. The molecule has 0 bridgehead atoms. The molecule has 0 spiro atoms. The monoisotopic (exact) mass is 1550 g/mol. The van der Waals surface area contributed by atoms with Gasteiger partial charge in [-0.05, 0) is 166 Å². The molecule has 17 nitrogen and oxygen atoms in total. The van der Waals surface area contributed by atoms with E-state index in [1.807, 2.05) is 176 Å². The van der Waals surface area contributed by atoms with E-state index in [1.165, 1.54) is 24.0 Å². The number of nitrogens with one attached hydrogen (secondary N) is 2. The summed E-state index contributed by atoms with van der Waals surface area (Å²) in [7, 11) is 0. The first-order chi connectivity index (χ1) is 55.5. The second kappa shape index (κ2) is 51.3. The molecule has 0 amide bonds. The highest BCUT2D eigenvalue weighted by Crippen LogP contribution is 2.28. The van der Waals surface area contributed by atoms with Gasteiger partial charge in [-0.3, -0.25) is 4.90 Å². The highest BCUT2D eigenvalue weighted by Gasteiger charge is 2.21. The Labute approximate surface area is 683 Å². The molecule has 115 heavy (non-hydrogen) atoms. The zero-order valence-corrected chi connectivity index (χ0v) is 70.3. The summed E-state index contributed by atoms with van der Waals surface area (Å²) in [5.74, 6) is 10.9. The summed E-state index contributed by atoms with van der Waals surface area (Å²) >= 11 is 0. The number of rotatable bonds is 23. The molecular weight excluding hydrogens is 1430 g/mol. The Bertz CT molecular complexity index is 4800. The Hall–Kier alpha value is -11.5. The molecule has 0 atom stereocenters. The maximum absolute atomic E-state index is 12.4. The van der Waals surface area contributed by atoms with E-state index in [2.05, 4.69) is 197 Å². The second-order valence-electron chi connectivity index (χ2n) is 29.0. The number of ether oxygens (including phenoxy) is 4. The summed E-state index contributed by atoms with van der Waals surface area (Å²) in [6.07, 6.45) is 8.57. The SMILES string of the molecule is C=C.CC(C)/C=C/c1ccccc1.CC(C)C#Cc1ccccc1.CC(C)CCc1ccccc1.CC(C)NCCN1CCOCC1.CC(C)NCc1ccco1.CCOC(=O)c1cc(C)nc2c1c(C)nn2Cc1ccc(Oc2ccccc2)cc1.Cc1cc(C(=O)O)c2c(C)nn(Cc3ccc(Oc4ccccc4)cc3)c2n1. The number of benzene rings is 7. The minimum Gasteiger partial charge on any atom is -0.478 e. The van der Waals surface area contributed by atoms with Crippen LogP contribution in [0.4, 0.5) is 0 Å². The third-order valence-electron chi connectivity index (χ3n) is 17.2. The van der Waals surface area contributed by atoms with Gasteiger partial charge >= 0.3 is 11.9 Å². The lowest BCUT2D eigenvalue weighted by atomic mass is 10.0. The molecular formula is C98H121N9O8. The number of hydrogen-bond donors (Lipinski definition) is 3. The number of carboxylic acids is 1. The molecule has 3 N–H and O–H groups in total. The number of aromatic carboxylic acids is 1. The average molecular weight is 1550 g/mol. The largest absolute Gasteiger partial charge is 0.478 e. The van der Waals surface area contributed by atoms with Crippen molar-refractivity contribution in [3.63, 3.8) is 0 Å². The van der Waals surface area contributed by atoms with Crippen LogP contribution in [0.2, 0.25) is 0 Å². The van der Waals surface area contributed by atoms with Gasteiger partial charge in [-0.1, -0.05) is 233 Å². The summed E-state index contributed by atoms with van der Waals surface area (Å²) < 4.78 is 30.8. The normalized spacial score (nSPS) is 11.5. The average Bonchev–Trinajstić information content (AvgIpc) is 1.64. The van der Waals surface area contributed by atoms with Crippen LogP contribution >= 0.6 is 0 Å². The Balaban J connectivity index is 0.000000220. The lowest BCUT2D eigenvalue weighted by Gasteiger charge is -2.26. The molecule has 606 valence electrons. The third-order valence-corrected chi connectivity index (χ3v) is 17.2. The number of carbonyl (C=O) groups excluding carboxylic acids is 1. The van der Waals surface area contributed by atoms with E-state index >= 15 is 0 Å². The first-order valence-corrected chi connectivity index (χ1v) is 39.9. The van der Waals surface area contributed by atoms with E-state index < -0.39 is 5.97 Å². The van der Waals surface area contributed by atoms with Crippen molar-refractivity contribution >= 4 is 40.1 Å². The van der Waals surface area contributed by atoms with Gasteiger partial charge in [0.2, 0.25) is 0 Å². The number of pyridine rings is 2. The first kappa shape index (κ1) is 92.3. The van der Waals surface area contributed by atoms with Crippen molar-refractivity contribution in [3.8, 4) is 34.8 Å². The summed E-state index contributed by atoms with van der Waals surface area (Å²) in [5, 5.41) is 26.6. The molecule has 7 aromatic carbocycles. The fraction of sp³-hybridized carbons (Fsp3) is 0.327. The smallest absolute Gasteiger partial charge is 0.339 e. The van der Waals surface area contributed by atoms with Gasteiger partial charge in [0.1, 0.15) is 28.8 Å². The van der Waals surface area contributed by atoms with Crippen LogP contribution in [0.1, 0.15) is 160 Å². The van der Waals surface area contributed by atoms with Crippen LogP contribution in [0, 0.1) is 57.3 Å². The van der Waals surface area contributed by atoms with Crippen LogP contribution in [-0.4, -0.2) is 110 Å². The predicted octanol–water partition coefficient (Wildman–Crippen LogP) is 21.9. The molecule has 1 aliphatic heterocycles. The standard InChI is InChI=1S/C24H23N3O3.C22H19N3O3.C11H16.C11H14.C11H12.C9H20N2O.C8H13NO.C2H4/c1-4-29-24(28)21-14-16(2)25-23-22(21)17(3)26-27(23)15-18-10-12-20(13-11-18)30-19-8-6-5-7-9-19;1-14-12-19(22(26)27)20-15(2)24-25(21(20)23-14)13-16-8-10-18(11-9-16)28-17-6-4-3-5-7-17;3*1-10(2)8-9-11-6-4-3-5-7-11;1-9(2)10-3-4-11-5-7-12-8-6-11;1-7(2)9-6-8-4-3-5-10-8;1-2/h5-14H,4,15H2,1-3H3;3-12H,13H2,1-2H3,(H,26,27);3-7,10H,8-9H2,1-2H3;3-10H,1-2H3;3-7,10H,1-2H3;9-10H,3-8H2,1-2H3;3-5,7,9H,6H2,1-2H3;1-2H2/b;;;9-8+;;;;. The molecule has 0 saturated carbocycles. The molecule has 1 fully saturated rings. The van der Waals surface area contributed by atoms with Gasteiger partial charge in [-0.25, -0.2) is 28.9 Å². The number of furan rings is 1. The molecule has 1 aliphatic rings. The minimum absolute atomic E-state index is 0.234. The second-order valence-corrected chi connectivity index (χ2v) is 29.0. The maximum Gasteiger partial charge on any atom is 0.339 e. The zero-order chi connectivity index (χ0) is 83.3. The van der Waals surface area contributed by atoms with Crippen LogP contribution in [0.25, 0.3) is 28.1 Å². The minimum atomic E-state index is -0.972. The van der Waals surface area contributed by atoms with Crippen molar-refractivity contribution in [2.75, 3.05) is 46.0 Å². The van der Waals surface area contributed by atoms with Crippen LogP contribution in [0.5, 0.6) is 23.0 Å². The predicted molar refractivity (Wildman–Crippen MR) is 471 cm³/mol. The summed E-state index contributed by atoms with van der Waals surface area (Å²) in [6, 6.07) is 74.3. The zero-order valence-electron chi connectivity index (χ0n) is 70.3. The number of para-hydroxylation sites is 2. The van der Waals surface area contributed by atoms with Gasteiger partial charge in [0.15, 0.2) is 11.3 Å². The van der Waals surface area contributed by atoms with E-state index in [4.69, 9.17) is 23.4 Å². The number of morpholine rings is 1. The highest BCUT2D eigenvalue weighted by atomic mass is 16.5. The number of carboxylic acid groups (broad SMARTS) is 1. The van der Waals surface area contributed by atoms with Crippen LogP contribution < -0.4 is 20.1 Å². The molecule has 13 rings (SSSR count). The number of aryl methyl sites for hydroxylation is 5. The lowest BCUT2D eigenvalue weighted by molar-refractivity contribution is 0.0382. The van der Waals surface area contributed by atoms with Crippen molar-refractivity contribution in [2.45, 2.75) is 148 Å². The number of fused-ring (bicyclic) bond motifs is 2. The Morgan fingerprint density at radius 1 is 0.565 bits per heavy atom. The molecule has 17 heteroatoms. The van der Waals surface area contributed by atoms with E-state index in [0.29, 0.717) is 77.2 Å². The van der Waals surface area contributed by atoms with Gasteiger partial charge in [0.25, 0.3) is 0 Å². The van der Waals surface area contributed by atoms with Crippen molar-refractivity contribution < 1.29 is 38.1 Å². The van der Waals surface area contributed by atoms with E-state index in [-0.39, 0.29) is 11.5 Å². The van der Waals surface area contributed by atoms with E-state index in [9.17, 15) is 14.7 Å². The van der Waals surface area contributed by atoms with E-state index in [1.54, 1.807) is 43.8 Å². The summed E-state index contributed by atoms with van der Waals surface area (Å²) in [6.45, 7) is 45.2. The lowest BCUT2D eigenvalue weighted by Crippen LogP contribution is -2.41. The molecule has 12 aromatic rings. The van der Waals surface area contributed by atoms with Crippen LogP contribution in [0.15, 0.2) is 254 Å².